The van der Waals surface area contributed by atoms with Crippen molar-refractivity contribution in [2.24, 2.45) is 0 Å². The number of benzene rings is 2. The summed E-state index contributed by atoms with van der Waals surface area (Å²) in [5.41, 5.74) is 0.381. The molecule has 6 heteroatoms. The molecular formula is C16H13BrCl2O3. The smallest absolute Gasteiger partial charge is 0.343 e. The number of esters is 1. The van der Waals surface area contributed by atoms with Gasteiger partial charge in [-0.1, -0.05) is 36.2 Å². The second-order valence-electron chi connectivity index (χ2n) is 4.46. The van der Waals surface area contributed by atoms with Crippen LogP contribution in [0, 0.1) is 0 Å². The van der Waals surface area contributed by atoms with Gasteiger partial charge in [-0.15, -0.1) is 0 Å². The Morgan fingerprint density at radius 3 is 2.68 bits per heavy atom. The number of carbonyl (C=O) groups is 1. The number of carbonyl (C=O) groups excluding carboxylic acids is 1. The Balaban J connectivity index is 2.19. The van der Waals surface area contributed by atoms with E-state index in [9.17, 15) is 4.79 Å². The van der Waals surface area contributed by atoms with E-state index < -0.39 is 5.97 Å². The first-order valence-electron chi connectivity index (χ1n) is 6.61. The SMILES string of the molecule is CCCOc1cccc(C(=O)Oc2c(Cl)cc(Cl)cc2Br)c1. The fourth-order valence-corrected chi connectivity index (χ4v) is 3.03. The summed E-state index contributed by atoms with van der Waals surface area (Å²) in [6.45, 7) is 2.60. The molecule has 0 aliphatic heterocycles. The topological polar surface area (TPSA) is 35.5 Å². The molecule has 0 bridgehead atoms. The molecule has 2 aromatic carbocycles. The fourth-order valence-electron chi connectivity index (χ4n) is 1.71. The van der Waals surface area contributed by atoms with Gasteiger partial charge >= 0.3 is 5.97 Å². The van der Waals surface area contributed by atoms with Crippen LogP contribution in [0.2, 0.25) is 10.0 Å². The van der Waals surface area contributed by atoms with E-state index in [0.29, 0.717) is 27.4 Å². The minimum Gasteiger partial charge on any atom is -0.494 e. The second-order valence-corrected chi connectivity index (χ2v) is 6.16. The minimum atomic E-state index is -0.521. The number of halogens is 3. The summed E-state index contributed by atoms with van der Waals surface area (Å²) < 4.78 is 11.4. The second kappa shape index (κ2) is 7.86. The van der Waals surface area contributed by atoms with Crippen LogP contribution in [-0.4, -0.2) is 12.6 Å². The van der Waals surface area contributed by atoms with Crippen molar-refractivity contribution in [3.05, 3.63) is 56.5 Å². The van der Waals surface area contributed by atoms with E-state index in [2.05, 4.69) is 15.9 Å². The van der Waals surface area contributed by atoms with E-state index in [1.165, 1.54) is 6.07 Å². The van der Waals surface area contributed by atoms with Gasteiger partial charge < -0.3 is 9.47 Å². The van der Waals surface area contributed by atoms with Crippen LogP contribution in [0.3, 0.4) is 0 Å². The van der Waals surface area contributed by atoms with Gasteiger partial charge in [-0.05, 0) is 52.7 Å². The maximum absolute atomic E-state index is 12.2. The highest BCUT2D eigenvalue weighted by Crippen LogP contribution is 2.36. The zero-order chi connectivity index (χ0) is 16.1. The van der Waals surface area contributed by atoms with Crippen molar-refractivity contribution in [2.45, 2.75) is 13.3 Å². The van der Waals surface area contributed by atoms with E-state index in [1.54, 1.807) is 30.3 Å². The first kappa shape index (κ1) is 17.1. The molecule has 2 rings (SSSR count). The molecule has 0 heterocycles. The van der Waals surface area contributed by atoms with Gasteiger partial charge in [0.2, 0.25) is 0 Å². The molecule has 0 N–H and O–H groups in total. The van der Waals surface area contributed by atoms with Gasteiger partial charge in [0, 0.05) is 5.02 Å². The van der Waals surface area contributed by atoms with Gasteiger partial charge in [-0.2, -0.15) is 0 Å². The van der Waals surface area contributed by atoms with Crippen molar-refractivity contribution in [1.82, 2.24) is 0 Å². The molecule has 0 spiro atoms. The van der Waals surface area contributed by atoms with Crippen LogP contribution < -0.4 is 9.47 Å². The Kier molecular flexibility index (Phi) is 6.12. The summed E-state index contributed by atoms with van der Waals surface area (Å²) in [4.78, 5) is 12.2. The Bertz CT molecular complexity index is 666. The van der Waals surface area contributed by atoms with Gasteiger partial charge in [0.15, 0.2) is 5.75 Å². The first-order valence-corrected chi connectivity index (χ1v) is 8.15. The third kappa shape index (κ3) is 4.38. The lowest BCUT2D eigenvalue weighted by atomic mass is 10.2. The van der Waals surface area contributed by atoms with Crippen LogP contribution in [0.15, 0.2) is 40.9 Å². The zero-order valence-corrected chi connectivity index (χ0v) is 14.8. The van der Waals surface area contributed by atoms with Crippen molar-refractivity contribution in [1.29, 1.82) is 0 Å². The molecule has 0 aromatic heterocycles. The summed E-state index contributed by atoms with van der Waals surface area (Å²) in [6.07, 6.45) is 0.891. The molecule has 116 valence electrons. The van der Waals surface area contributed by atoms with Crippen LogP contribution in [0.1, 0.15) is 23.7 Å². The van der Waals surface area contributed by atoms with E-state index >= 15 is 0 Å². The van der Waals surface area contributed by atoms with E-state index in [-0.39, 0.29) is 10.8 Å². The van der Waals surface area contributed by atoms with Crippen LogP contribution in [-0.2, 0) is 0 Å². The molecule has 0 saturated carbocycles. The van der Waals surface area contributed by atoms with Gasteiger partial charge in [0.1, 0.15) is 5.75 Å². The average molecular weight is 404 g/mol. The van der Waals surface area contributed by atoms with Gasteiger partial charge in [-0.25, -0.2) is 4.79 Å². The zero-order valence-electron chi connectivity index (χ0n) is 11.7. The summed E-state index contributed by atoms with van der Waals surface area (Å²) in [6, 6.07) is 9.93. The van der Waals surface area contributed by atoms with E-state index in [0.717, 1.165) is 6.42 Å². The molecule has 0 saturated heterocycles. The third-order valence-electron chi connectivity index (χ3n) is 2.70. The molecule has 0 atom stereocenters. The standard InChI is InChI=1S/C16H13BrCl2O3/c1-2-6-21-12-5-3-4-10(7-12)16(20)22-15-13(17)8-11(18)9-14(15)19/h3-5,7-9H,2,6H2,1H3. The molecule has 3 nitrogen and oxygen atoms in total. The summed E-state index contributed by atoms with van der Waals surface area (Å²) in [7, 11) is 0. The minimum absolute atomic E-state index is 0.232. The number of hydrogen-bond acceptors (Lipinski definition) is 3. The van der Waals surface area contributed by atoms with E-state index in [1.807, 2.05) is 6.92 Å². The number of hydrogen-bond donors (Lipinski definition) is 0. The van der Waals surface area contributed by atoms with Gasteiger partial charge in [0.05, 0.1) is 21.7 Å². The first-order chi connectivity index (χ1) is 10.5. The molecule has 0 amide bonds. The van der Waals surface area contributed by atoms with Crippen LogP contribution in [0.5, 0.6) is 11.5 Å². The van der Waals surface area contributed by atoms with Gasteiger partial charge in [-0.3, -0.25) is 0 Å². The van der Waals surface area contributed by atoms with Gasteiger partial charge in [0.25, 0.3) is 0 Å². The van der Waals surface area contributed by atoms with Crippen molar-refractivity contribution in [3.63, 3.8) is 0 Å². The summed E-state index contributed by atoms with van der Waals surface area (Å²) in [5.74, 6) is 0.334. The highest BCUT2D eigenvalue weighted by Gasteiger charge is 2.15. The third-order valence-corrected chi connectivity index (χ3v) is 3.79. The molecule has 0 unspecified atom stereocenters. The lowest BCUT2D eigenvalue weighted by Gasteiger charge is -2.10. The average Bonchev–Trinajstić information content (AvgIpc) is 2.49. The predicted octanol–water partition coefficient (Wildman–Crippen LogP) is 5.76. The van der Waals surface area contributed by atoms with Crippen LogP contribution >= 0.6 is 39.1 Å². The Labute approximate surface area is 147 Å². The maximum Gasteiger partial charge on any atom is 0.343 e. The molecule has 0 aliphatic carbocycles. The highest BCUT2D eigenvalue weighted by molar-refractivity contribution is 9.10. The fraction of sp³-hybridized carbons (Fsp3) is 0.188. The quantitative estimate of drug-likeness (QED) is 0.470. The lowest BCUT2D eigenvalue weighted by Crippen LogP contribution is -2.09. The van der Waals surface area contributed by atoms with E-state index in [4.69, 9.17) is 32.7 Å². The molecule has 0 fully saturated rings. The molecule has 2 aromatic rings. The molecule has 0 radical (unpaired) electrons. The summed E-state index contributed by atoms with van der Waals surface area (Å²) in [5, 5.41) is 0.706. The summed E-state index contributed by atoms with van der Waals surface area (Å²) >= 11 is 15.2. The van der Waals surface area contributed by atoms with Crippen LogP contribution in [0.4, 0.5) is 0 Å². The van der Waals surface area contributed by atoms with Crippen LogP contribution in [0.25, 0.3) is 0 Å². The lowest BCUT2D eigenvalue weighted by molar-refractivity contribution is 0.0733. The van der Waals surface area contributed by atoms with Crippen molar-refractivity contribution in [3.8, 4) is 11.5 Å². The van der Waals surface area contributed by atoms with Crippen molar-refractivity contribution in [2.75, 3.05) is 6.61 Å². The molecule has 0 aliphatic rings. The monoisotopic (exact) mass is 402 g/mol. The number of rotatable bonds is 5. The Morgan fingerprint density at radius 2 is 2.00 bits per heavy atom. The number of ether oxygens (including phenoxy) is 2. The maximum atomic E-state index is 12.2. The Hall–Kier alpha value is -1.23. The normalized spacial score (nSPS) is 10.4. The molecular weight excluding hydrogens is 391 g/mol. The largest absolute Gasteiger partial charge is 0.494 e. The predicted molar refractivity (Wildman–Crippen MR) is 91.3 cm³/mol. The Morgan fingerprint density at radius 1 is 1.23 bits per heavy atom. The molecule has 22 heavy (non-hydrogen) atoms. The van der Waals surface area contributed by atoms with Crippen molar-refractivity contribution < 1.29 is 14.3 Å². The van der Waals surface area contributed by atoms with Crippen molar-refractivity contribution >= 4 is 45.1 Å². The highest BCUT2D eigenvalue weighted by atomic mass is 79.9.